The smallest absolute Gasteiger partial charge is 0.296 e. The number of ketones is 1. The van der Waals surface area contributed by atoms with Gasteiger partial charge in [-0.2, -0.15) is 0 Å². The summed E-state index contributed by atoms with van der Waals surface area (Å²) in [4.78, 5) is 32.6. The van der Waals surface area contributed by atoms with Crippen molar-refractivity contribution in [2.45, 2.75) is 19.5 Å². The summed E-state index contributed by atoms with van der Waals surface area (Å²) in [7, 11) is 1.49. The zero-order valence-corrected chi connectivity index (χ0v) is 18.4. The summed E-state index contributed by atoms with van der Waals surface area (Å²) >= 11 is 7.65. The van der Waals surface area contributed by atoms with Gasteiger partial charge in [-0.3, -0.25) is 14.6 Å². The SMILES string of the molecule is COc1ccc(/C(O)=C2/C(=O)C(=O)N(Cc3ccccn3)C2c2sccc2C)cc1Cl. The Hall–Kier alpha value is -3.16. The van der Waals surface area contributed by atoms with Crippen molar-refractivity contribution >= 4 is 40.4 Å². The molecule has 2 aromatic heterocycles. The number of amides is 1. The summed E-state index contributed by atoms with van der Waals surface area (Å²) in [6.45, 7) is 2.06. The first-order valence-electron chi connectivity index (χ1n) is 9.48. The molecule has 0 aliphatic carbocycles. The predicted octanol–water partition coefficient (Wildman–Crippen LogP) is 4.74. The highest BCUT2D eigenvalue weighted by Gasteiger charge is 2.47. The van der Waals surface area contributed by atoms with Gasteiger partial charge in [-0.05, 0) is 54.3 Å². The summed E-state index contributed by atoms with van der Waals surface area (Å²) in [5.41, 5.74) is 1.95. The normalized spacial score (nSPS) is 17.9. The molecule has 4 rings (SSSR count). The molecule has 0 bridgehead atoms. The number of methoxy groups -OCH3 is 1. The van der Waals surface area contributed by atoms with Crippen molar-refractivity contribution in [1.29, 1.82) is 0 Å². The number of nitrogens with zero attached hydrogens (tertiary/aromatic N) is 2. The fourth-order valence-corrected chi connectivity index (χ4v) is 4.92. The first-order valence-corrected chi connectivity index (χ1v) is 10.7. The molecule has 0 radical (unpaired) electrons. The van der Waals surface area contributed by atoms with Gasteiger partial charge in [0.1, 0.15) is 17.6 Å². The number of benzene rings is 1. The van der Waals surface area contributed by atoms with Crippen LogP contribution in [0.1, 0.15) is 27.7 Å². The number of Topliss-reactive ketones (excluding diaryl/α,β-unsaturated/α-hetero) is 1. The van der Waals surface area contributed by atoms with E-state index >= 15 is 0 Å². The lowest BCUT2D eigenvalue weighted by atomic mass is 9.98. The Labute approximate surface area is 188 Å². The van der Waals surface area contributed by atoms with Crippen molar-refractivity contribution in [3.8, 4) is 5.75 Å². The van der Waals surface area contributed by atoms with E-state index in [9.17, 15) is 14.7 Å². The number of carbonyl (C=O) groups is 2. The standard InChI is InChI=1S/C23H19ClN2O4S/c1-13-8-10-31-22(13)19-18(20(27)14-6-7-17(30-2)16(24)11-14)21(28)23(29)26(19)12-15-5-3-4-9-25-15/h3-11,19,27H,12H2,1-2H3/b20-18-. The van der Waals surface area contributed by atoms with E-state index in [1.807, 2.05) is 24.4 Å². The molecule has 3 heterocycles. The van der Waals surface area contributed by atoms with Gasteiger partial charge >= 0.3 is 0 Å². The number of thiophene rings is 1. The number of aliphatic hydroxyl groups excluding tert-OH is 1. The Morgan fingerprint density at radius 2 is 2.06 bits per heavy atom. The Bertz CT molecular complexity index is 1190. The number of aromatic nitrogens is 1. The molecule has 1 atom stereocenters. The quantitative estimate of drug-likeness (QED) is 0.342. The van der Waals surface area contributed by atoms with E-state index < -0.39 is 17.7 Å². The second-order valence-electron chi connectivity index (χ2n) is 7.07. The van der Waals surface area contributed by atoms with Gasteiger partial charge in [0, 0.05) is 16.6 Å². The predicted molar refractivity (Wildman–Crippen MR) is 119 cm³/mol. The number of ether oxygens (including phenoxy) is 1. The Balaban J connectivity index is 1.86. The van der Waals surface area contributed by atoms with E-state index in [0.29, 0.717) is 17.0 Å². The van der Waals surface area contributed by atoms with Crippen LogP contribution in [-0.2, 0) is 16.1 Å². The third kappa shape index (κ3) is 3.82. The highest BCUT2D eigenvalue weighted by Crippen LogP contribution is 2.43. The van der Waals surface area contributed by atoms with E-state index in [0.717, 1.165) is 10.4 Å². The van der Waals surface area contributed by atoms with Gasteiger partial charge in [-0.1, -0.05) is 17.7 Å². The lowest BCUT2D eigenvalue weighted by Crippen LogP contribution is -2.29. The second-order valence-corrected chi connectivity index (χ2v) is 8.42. The molecule has 1 fully saturated rings. The van der Waals surface area contributed by atoms with Crippen LogP contribution in [0.15, 0.2) is 59.6 Å². The summed E-state index contributed by atoms with van der Waals surface area (Å²) in [5, 5.41) is 13.3. The number of likely N-dealkylation sites (tertiary alicyclic amines) is 1. The van der Waals surface area contributed by atoms with Gasteiger partial charge in [0.15, 0.2) is 0 Å². The monoisotopic (exact) mass is 454 g/mol. The van der Waals surface area contributed by atoms with Gasteiger partial charge in [-0.15, -0.1) is 11.3 Å². The summed E-state index contributed by atoms with van der Waals surface area (Å²) in [6.07, 6.45) is 1.64. The minimum atomic E-state index is -0.738. The molecule has 31 heavy (non-hydrogen) atoms. The van der Waals surface area contributed by atoms with Crippen LogP contribution >= 0.6 is 22.9 Å². The van der Waals surface area contributed by atoms with Gasteiger partial charge in [0.25, 0.3) is 11.7 Å². The molecular weight excluding hydrogens is 436 g/mol. The van der Waals surface area contributed by atoms with Crippen LogP contribution in [0.3, 0.4) is 0 Å². The van der Waals surface area contributed by atoms with Crippen molar-refractivity contribution in [3.05, 3.63) is 86.3 Å². The van der Waals surface area contributed by atoms with Crippen LogP contribution in [0.2, 0.25) is 5.02 Å². The number of pyridine rings is 1. The first kappa shape index (κ1) is 21.1. The number of aliphatic hydroxyl groups is 1. The van der Waals surface area contributed by atoms with Gasteiger partial charge in [0.05, 0.1) is 29.9 Å². The van der Waals surface area contributed by atoms with Crippen molar-refractivity contribution in [2.75, 3.05) is 7.11 Å². The van der Waals surface area contributed by atoms with Crippen LogP contribution in [0.5, 0.6) is 5.75 Å². The summed E-state index contributed by atoms with van der Waals surface area (Å²) in [5.74, 6) is -1.24. The Morgan fingerprint density at radius 1 is 1.26 bits per heavy atom. The fraction of sp³-hybridized carbons (Fsp3) is 0.174. The van der Waals surface area contributed by atoms with Crippen LogP contribution in [-0.4, -0.2) is 33.8 Å². The number of halogens is 1. The van der Waals surface area contributed by atoms with Crippen molar-refractivity contribution in [2.24, 2.45) is 0 Å². The van der Waals surface area contributed by atoms with Gasteiger partial charge in [0.2, 0.25) is 0 Å². The molecule has 6 nitrogen and oxygen atoms in total. The molecule has 1 aliphatic rings. The summed E-state index contributed by atoms with van der Waals surface area (Å²) in [6, 6.07) is 11.3. The second kappa shape index (κ2) is 8.53. The van der Waals surface area contributed by atoms with E-state index in [1.54, 1.807) is 30.5 Å². The lowest BCUT2D eigenvalue weighted by Gasteiger charge is -2.24. The average molecular weight is 455 g/mol. The van der Waals surface area contributed by atoms with E-state index in [2.05, 4.69) is 4.98 Å². The minimum absolute atomic E-state index is 0.0349. The number of rotatable bonds is 5. The maximum Gasteiger partial charge on any atom is 0.296 e. The molecule has 1 N–H and O–H groups in total. The number of hydrogen-bond donors (Lipinski definition) is 1. The molecule has 0 saturated carbocycles. The van der Waals surface area contributed by atoms with Crippen molar-refractivity contribution in [1.82, 2.24) is 9.88 Å². The van der Waals surface area contributed by atoms with Crippen LogP contribution < -0.4 is 4.74 Å². The molecule has 1 saturated heterocycles. The Kier molecular flexibility index (Phi) is 5.80. The maximum absolute atomic E-state index is 13.1. The molecule has 1 aliphatic heterocycles. The topological polar surface area (TPSA) is 79.7 Å². The molecule has 3 aromatic rings. The molecule has 158 valence electrons. The zero-order valence-electron chi connectivity index (χ0n) is 16.8. The highest BCUT2D eigenvalue weighted by molar-refractivity contribution is 7.10. The van der Waals surface area contributed by atoms with Crippen molar-refractivity contribution < 1.29 is 19.4 Å². The van der Waals surface area contributed by atoms with E-state index in [-0.39, 0.29) is 22.9 Å². The van der Waals surface area contributed by atoms with Gasteiger partial charge < -0.3 is 14.7 Å². The first-order chi connectivity index (χ1) is 14.9. The third-order valence-electron chi connectivity index (χ3n) is 5.17. The molecular formula is C23H19ClN2O4S. The number of aryl methyl sites for hydroxylation is 1. The molecule has 1 amide bonds. The van der Waals surface area contributed by atoms with E-state index in [4.69, 9.17) is 16.3 Å². The summed E-state index contributed by atoms with van der Waals surface area (Å²) < 4.78 is 5.16. The van der Waals surface area contributed by atoms with Gasteiger partial charge in [-0.25, -0.2) is 0 Å². The minimum Gasteiger partial charge on any atom is -0.507 e. The van der Waals surface area contributed by atoms with E-state index in [1.165, 1.54) is 29.4 Å². The van der Waals surface area contributed by atoms with Crippen molar-refractivity contribution in [3.63, 3.8) is 0 Å². The Morgan fingerprint density at radius 3 is 2.68 bits per heavy atom. The molecule has 0 spiro atoms. The molecule has 1 unspecified atom stereocenters. The molecule has 8 heteroatoms. The van der Waals surface area contributed by atoms with Crippen LogP contribution in [0, 0.1) is 6.92 Å². The number of carbonyl (C=O) groups excluding carboxylic acids is 2. The lowest BCUT2D eigenvalue weighted by molar-refractivity contribution is -0.140. The third-order valence-corrected chi connectivity index (χ3v) is 6.54. The zero-order chi connectivity index (χ0) is 22.1. The molecule has 1 aromatic carbocycles. The average Bonchev–Trinajstić information content (AvgIpc) is 3.29. The van der Waals surface area contributed by atoms with Crippen LogP contribution in [0.25, 0.3) is 5.76 Å². The maximum atomic E-state index is 13.1. The highest BCUT2D eigenvalue weighted by atomic mass is 35.5. The van der Waals surface area contributed by atoms with Crippen LogP contribution in [0.4, 0.5) is 0 Å². The largest absolute Gasteiger partial charge is 0.507 e. The fourth-order valence-electron chi connectivity index (χ4n) is 3.62. The number of hydrogen-bond acceptors (Lipinski definition) is 6.